The highest BCUT2D eigenvalue weighted by molar-refractivity contribution is 5.97. The largest absolute Gasteiger partial charge is 0.481 e. The number of likely N-dealkylation sites (tertiary alicyclic amines) is 1. The highest BCUT2D eigenvalue weighted by Crippen LogP contribution is 2.20. The van der Waals surface area contributed by atoms with E-state index in [1.165, 1.54) is 0 Å². The van der Waals surface area contributed by atoms with Crippen LogP contribution < -0.4 is 5.32 Å². The first-order chi connectivity index (χ1) is 11.5. The number of carboxylic acid groups (broad SMARTS) is 1. The van der Waals surface area contributed by atoms with Crippen molar-refractivity contribution >= 4 is 23.5 Å². The van der Waals surface area contributed by atoms with E-state index in [0.29, 0.717) is 31.8 Å². The van der Waals surface area contributed by atoms with E-state index in [2.05, 4.69) is 5.32 Å². The molecule has 0 saturated carbocycles. The summed E-state index contributed by atoms with van der Waals surface area (Å²) in [5, 5.41) is 11.5. The number of rotatable bonds is 8. The number of hydrogen-bond donors (Lipinski definition) is 2. The van der Waals surface area contributed by atoms with E-state index in [0.717, 1.165) is 5.56 Å². The van der Waals surface area contributed by atoms with Gasteiger partial charge in [-0.05, 0) is 24.1 Å². The Labute approximate surface area is 140 Å². The molecule has 1 saturated heterocycles. The smallest absolute Gasteiger partial charge is 0.303 e. The Kier molecular flexibility index (Phi) is 6.31. The molecular weight excluding hydrogens is 312 g/mol. The first kappa shape index (κ1) is 17.9. The minimum atomic E-state index is -0.856. The van der Waals surface area contributed by atoms with Crippen LogP contribution in [0.15, 0.2) is 24.3 Å². The molecule has 7 heteroatoms. The van der Waals surface area contributed by atoms with Crippen molar-refractivity contribution in [2.24, 2.45) is 5.92 Å². The van der Waals surface area contributed by atoms with Gasteiger partial charge >= 0.3 is 5.97 Å². The molecule has 0 spiro atoms. The molecule has 1 aromatic rings. The van der Waals surface area contributed by atoms with Crippen LogP contribution >= 0.6 is 0 Å². The molecule has 0 aliphatic carbocycles. The fourth-order valence-electron chi connectivity index (χ4n) is 2.67. The van der Waals surface area contributed by atoms with E-state index in [1.54, 1.807) is 30.2 Å². The zero-order valence-electron chi connectivity index (χ0n) is 13.7. The fraction of sp³-hybridized carbons (Fsp3) is 0.471. The summed E-state index contributed by atoms with van der Waals surface area (Å²) in [4.78, 5) is 36.5. The van der Waals surface area contributed by atoms with Crippen molar-refractivity contribution in [3.05, 3.63) is 29.8 Å². The maximum Gasteiger partial charge on any atom is 0.303 e. The lowest BCUT2D eigenvalue weighted by Gasteiger charge is -2.16. The lowest BCUT2D eigenvalue weighted by Crippen LogP contribution is -2.30. The standard InChI is InChI=1S/C17H22N2O5/c1-24-8-7-19-11-13(10-15(19)20)17(23)18-14-4-2-3-12(9-14)5-6-16(21)22/h2-4,9,13H,5-8,10-11H2,1H3,(H,18,23)(H,21,22). The van der Waals surface area contributed by atoms with Gasteiger partial charge in [-0.25, -0.2) is 0 Å². The number of amides is 2. The van der Waals surface area contributed by atoms with Crippen molar-refractivity contribution in [3.8, 4) is 0 Å². The van der Waals surface area contributed by atoms with Gasteiger partial charge in [-0.3, -0.25) is 14.4 Å². The second-order valence-electron chi connectivity index (χ2n) is 5.82. The van der Waals surface area contributed by atoms with Crippen LogP contribution in [0.25, 0.3) is 0 Å². The predicted molar refractivity (Wildman–Crippen MR) is 87.6 cm³/mol. The quantitative estimate of drug-likeness (QED) is 0.743. The van der Waals surface area contributed by atoms with Gasteiger partial charge in [0, 0.05) is 38.7 Å². The predicted octanol–water partition coefficient (Wildman–Crippen LogP) is 1.14. The molecular formula is C17H22N2O5. The molecule has 7 nitrogen and oxygen atoms in total. The molecule has 0 radical (unpaired) electrons. The van der Waals surface area contributed by atoms with Gasteiger partial charge in [0.1, 0.15) is 0 Å². The van der Waals surface area contributed by atoms with E-state index in [4.69, 9.17) is 9.84 Å². The molecule has 2 rings (SSSR count). The number of carbonyl (C=O) groups is 3. The molecule has 130 valence electrons. The fourth-order valence-corrected chi connectivity index (χ4v) is 2.67. The number of nitrogens with zero attached hydrogens (tertiary/aromatic N) is 1. The van der Waals surface area contributed by atoms with Crippen LogP contribution in [-0.4, -0.2) is 54.6 Å². The highest BCUT2D eigenvalue weighted by atomic mass is 16.5. The Hall–Kier alpha value is -2.41. The summed E-state index contributed by atoms with van der Waals surface area (Å²) in [6.07, 6.45) is 0.656. The van der Waals surface area contributed by atoms with Gasteiger partial charge in [0.2, 0.25) is 11.8 Å². The van der Waals surface area contributed by atoms with Crippen molar-refractivity contribution in [2.75, 3.05) is 32.1 Å². The maximum absolute atomic E-state index is 12.3. The normalized spacial score (nSPS) is 17.1. The van der Waals surface area contributed by atoms with Gasteiger partial charge in [-0.15, -0.1) is 0 Å². The van der Waals surface area contributed by atoms with Crippen LogP contribution in [0, 0.1) is 5.92 Å². The monoisotopic (exact) mass is 334 g/mol. The number of benzene rings is 1. The summed E-state index contributed by atoms with van der Waals surface area (Å²) in [6, 6.07) is 7.11. The van der Waals surface area contributed by atoms with Gasteiger partial charge in [-0.1, -0.05) is 12.1 Å². The topological polar surface area (TPSA) is 95.9 Å². The maximum atomic E-state index is 12.3. The van der Waals surface area contributed by atoms with Crippen molar-refractivity contribution in [1.29, 1.82) is 0 Å². The van der Waals surface area contributed by atoms with Crippen LogP contribution in [-0.2, 0) is 25.5 Å². The third kappa shape index (κ3) is 5.06. The van der Waals surface area contributed by atoms with Crippen molar-refractivity contribution in [1.82, 2.24) is 4.90 Å². The Bertz CT molecular complexity index is 617. The van der Waals surface area contributed by atoms with E-state index in [-0.39, 0.29) is 30.6 Å². The lowest BCUT2D eigenvalue weighted by atomic mass is 10.1. The molecule has 1 fully saturated rings. The summed E-state index contributed by atoms with van der Waals surface area (Å²) in [7, 11) is 1.57. The van der Waals surface area contributed by atoms with Crippen molar-refractivity contribution < 1.29 is 24.2 Å². The summed E-state index contributed by atoms with van der Waals surface area (Å²) in [5.41, 5.74) is 1.46. The number of carbonyl (C=O) groups excluding carboxylic acids is 2. The molecule has 1 aliphatic heterocycles. The Balaban J connectivity index is 1.91. The minimum absolute atomic E-state index is 0.0394. The number of ether oxygens (including phenoxy) is 1. The zero-order chi connectivity index (χ0) is 17.5. The van der Waals surface area contributed by atoms with Gasteiger partial charge in [-0.2, -0.15) is 0 Å². The number of hydrogen-bond acceptors (Lipinski definition) is 4. The second kappa shape index (κ2) is 8.44. The van der Waals surface area contributed by atoms with Gasteiger partial charge in [0.15, 0.2) is 0 Å². The Morgan fingerprint density at radius 1 is 1.42 bits per heavy atom. The molecule has 1 aromatic carbocycles. The number of aliphatic carboxylic acids is 1. The lowest BCUT2D eigenvalue weighted by molar-refractivity contribution is -0.137. The average molecular weight is 334 g/mol. The highest BCUT2D eigenvalue weighted by Gasteiger charge is 2.33. The molecule has 24 heavy (non-hydrogen) atoms. The Morgan fingerprint density at radius 2 is 2.21 bits per heavy atom. The van der Waals surface area contributed by atoms with Crippen molar-refractivity contribution in [3.63, 3.8) is 0 Å². The number of anilines is 1. The van der Waals surface area contributed by atoms with Crippen molar-refractivity contribution in [2.45, 2.75) is 19.3 Å². The molecule has 1 atom stereocenters. The zero-order valence-corrected chi connectivity index (χ0v) is 13.7. The number of methoxy groups -OCH3 is 1. The number of carboxylic acids is 1. The Morgan fingerprint density at radius 3 is 2.92 bits per heavy atom. The van der Waals surface area contributed by atoms with E-state index in [1.807, 2.05) is 6.07 Å². The first-order valence-electron chi connectivity index (χ1n) is 7.88. The molecule has 2 amide bonds. The molecule has 2 N–H and O–H groups in total. The first-order valence-corrected chi connectivity index (χ1v) is 7.88. The van der Waals surface area contributed by atoms with E-state index >= 15 is 0 Å². The van der Waals surface area contributed by atoms with E-state index in [9.17, 15) is 14.4 Å². The summed E-state index contributed by atoms with van der Waals surface area (Å²) >= 11 is 0. The number of nitrogens with one attached hydrogen (secondary N) is 1. The summed E-state index contributed by atoms with van der Waals surface area (Å²) < 4.78 is 4.96. The number of aryl methyl sites for hydroxylation is 1. The van der Waals surface area contributed by atoms with Crippen LogP contribution in [0.5, 0.6) is 0 Å². The molecule has 1 aliphatic rings. The van der Waals surface area contributed by atoms with Gasteiger partial charge in [0.25, 0.3) is 0 Å². The van der Waals surface area contributed by atoms with Crippen LogP contribution in [0.3, 0.4) is 0 Å². The summed E-state index contributed by atoms with van der Waals surface area (Å²) in [5.74, 6) is -1.47. The average Bonchev–Trinajstić information content (AvgIpc) is 2.92. The third-order valence-corrected chi connectivity index (χ3v) is 3.97. The third-order valence-electron chi connectivity index (χ3n) is 3.97. The minimum Gasteiger partial charge on any atom is -0.481 e. The molecule has 0 aromatic heterocycles. The van der Waals surface area contributed by atoms with Crippen LogP contribution in [0.4, 0.5) is 5.69 Å². The molecule has 1 unspecified atom stereocenters. The van der Waals surface area contributed by atoms with E-state index < -0.39 is 5.97 Å². The molecule has 0 bridgehead atoms. The van der Waals surface area contributed by atoms with Crippen LogP contribution in [0.1, 0.15) is 18.4 Å². The second-order valence-corrected chi connectivity index (χ2v) is 5.82. The SMILES string of the molecule is COCCN1CC(C(=O)Nc2cccc(CCC(=O)O)c2)CC1=O. The van der Waals surface area contributed by atoms with Gasteiger partial charge in [0.05, 0.1) is 12.5 Å². The summed E-state index contributed by atoms with van der Waals surface area (Å²) in [6.45, 7) is 1.34. The molecule has 1 heterocycles. The van der Waals surface area contributed by atoms with Gasteiger partial charge < -0.3 is 20.1 Å². The van der Waals surface area contributed by atoms with Crippen LogP contribution in [0.2, 0.25) is 0 Å².